The number of aromatic nitrogens is 2. The van der Waals surface area contributed by atoms with Crippen LogP contribution in [-0.4, -0.2) is 28.9 Å². The van der Waals surface area contributed by atoms with Crippen LogP contribution in [-0.2, 0) is 9.53 Å². The summed E-state index contributed by atoms with van der Waals surface area (Å²) >= 11 is 0. The molecule has 2 heterocycles. The van der Waals surface area contributed by atoms with E-state index >= 15 is 0 Å². The van der Waals surface area contributed by atoms with E-state index < -0.39 is 0 Å². The smallest absolute Gasteiger partial charge is 0.305 e. The molecule has 3 atom stereocenters. The lowest BCUT2D eigenvalue weighted by Gasteiger charge is -2.36. The molecule has 0 aliphatic carbocycles. The molecule has 94 valence electrons. The van der Waals surface area contributed by atoms with E-state index in [9.17, 15) is 9.59 Å². The fourth-order valence-electron chi connectivity index (χ4n) is 2.41. The first-order valence-electron chi connectivity index (χ1n) is 5.68. The van der Waals surface area contributed by atoms with E-state index in [2.05, 4.69) is 10.4 Å². The van der Waals surface area contributed by atoms with Gasteiger partial charge >= 0.3 is 5.97 Å². The van der Waals surface area contributed by atoms with Crippen molar-refractivity contribution in [1.82, 2.24) is 9.78 Å². The fraction of sp³-hybridized carbons (Fsp3) is 0.636. The largest absolute Gasteiger partial charge is 0.469 e. The minimum Gasteiger partial charge on any atom is -0.469 e. The quantitative estimate of drug-likeness (QED) is 0.746. The van der Waals surface area contributed by atoms with Crippen LogP contribution >= 0.6 is 0 Å². The van der Waals surface area contributed by atoms with Gasteiger partial charge in [-0.15, -0.1) is 0 Å². The maximum Gasteiger partial charge on any atom is 0.305 e. The zero-order valence-corrected chi connectivity index (χ0v) is 10.2. The third-order valence-corrected chi connectivity index (χ3v) is 3.43. The molecule has 1 aliphatic rings. The number of anilines is 1. The Kier molecular flexibility index (Phi) is 2.95. The highest BCUT2D eigenvalue weighted by Crippen LogP contribution is 2.32. The Morgan fingerprint density at radius 2 is 2.24 bits per heavy atom. The highest BCUT2D eigenvalue weighted by atomic mass is 16.5. The third-order valence-electron chi connectivity index (χ3n) is 3.43. The van der Waals surface area contributed by atoms with Crippen LogP contribution in [0.15, 0.2) is 10.9 Å². The molecule has 17 heavy (non-hydrogen) atoms. The number of nitrogens with one attached hydrogen (secondary N) is 2. The van der Waals surface area contributed by atoms with Gasteiger partial charge in [-0.1, -0.05) is 0 Å². The Morgan fingerprint density at radius 1 is 1.53 bits per heavy atom. The number of carbonyl (C=O) groups excluding carboxylic acids is 1. The number of nitrogens with zero attached hydrogens (tertiary/aromatic N) is 1. The standard InChI is InChI=1S/C11H17N3O3/c1-6-8(4-11(16)17-3)7(2)14-9(12-6)5-10(15)13-14/h5-8,12H,4H2,1-3H3,(H,13,15). The monoisotopic (exact) mass is 239 g/mol. The van der Waals surface area contributed by atoms with E-state index in [0.717, 1.165) is 5.82 Å². The summed E-state index contributed by atoms with van der Waals surface area (Å²) in [5, 5.41) is 5.95. The lowest BCUT2D eigenvalue weighted by atomic mass is 9.89. The molecule has 0 bridgehead atoms. The summed E-state index contributed by atoms with van der Waals surface area (Å²) < 4.78 is 6.47. The summed E-state index contributed by atoms with van der Waals surface area (Å²) in [6.07, 6.45) is 0.339. The summed E-state index contributed by atoms with van der Waals surface area (Å²) in [5.74, 6) is 0.641. The number of esters is 1. The van der Waals surface area contributed by atoms with Gasteiger partial charge in [0, 0.05) is 18.0 Å². The zero-order chi connectivity index (χ0) is 12.6. The molecule has 1 aliphatic heterocycles. The van der Waals surface area contributed by atoms with Crippen molar-refractivity contribution in [2.45, 2.75) is 32.4 Å². The minimum atomic E-state index is -0.228. The predicted octanol–water partition coefficient (Wildman–Crippen LogP) is 0.731. The second kappa shape index (κ2) is 4.27. The first-order chi connectivity index (χ1) is 8.02. The van der Waals surface area contributed by atoms with Gasteiger partial charge in [0.15, 0.2) is 0 Å². The predicted molar refractivity (Wildman–Crippen MR) is 63.0 cm³/mol. The molecule has 0 amide bonds. The van der Waals surface area contributed by atoms with Crippen LogP contribution in [0.1, 0.15) is 26.3 Å². The minimum absolute atomic E-state index is 0.0584. The third kappa shape index (κ3) is 2.07. The Labute approximate surface area is 98.9 Å². The van der Waals surface area contributed by atoms with Gasteiger partial charge in [0.05, 0.1) is 19.6 Å². The molecule has 0 saturated carbocycles. The van der Waals surface area contributed by atoms with Gasteiger partial charge < -0.3 is 10.1 Å². The number of rotatable bonds is 2. The normalized spacial score (nSPS) is 27.1. The summed E-state index contributed by atoms with van der Waals surface area (Å²) in [5.41, 5.74) is -0.134. The number of hydrogen-bond donors (Lipinski definition) is 2. The summed E-state index contributed by atoms with van der Waals surface area (Å²) in [6.45, 7) is 4.00. The van der Waals surface area contributed by atoms with E-state index in [0.29, 0.717) is 6.42 Å². The van der Waals surface area contributed by atoms with Crippen LogP contribution in [0.2, 0.25) is 0 Å². The van der Waals surface area contributed by atoms with Gasteiger partial charge in [0.1, 0.15) is 5.82 Å². The van der Waals surface area contributed by atoms with Crippen molar-refractivity contribution in [3.8, 4) is 0 Å². The first kappa shape index (κ1) is 11.8. The maximum atomic E-state index is 11.4. The van der Waals surface area contributed by atoms with Gasteiger partial charge in [-0.3, -0.25) is 19.4 Å². The molecule has 6 heteroatoms. The number of methoxy groups -OCH3 is 1. The fourth-order valence-corrected chi connectivity index (χ4v) is 2.41. The van der Waals surface area contributed by atoms with Crippen LogP contribution in [0.3, 0.4) is 0 Å². The number of carbonyl (C=O) groups is 1. The van der Waals surface area contributed by atoms with Crippen LogP contribution in [0, 0.1) is 5.92 Å². The van der Waals surface area contributed by atoms with Gasteiger partial charge in [-0.2, -0.15) is 0 Å². The van der Waals surface area contributed by atoms with Gasteiger partial charge in [-0.25, -0.2) is 0 Å². The van der Waals surface area contributed by atoms with Gasteiger partial charge in [0.25, 0.3) is 5.56 Å². The Bertz CT molecular complexity index is 477. The molecular weight excluding hydrogens is 222 g/mol. The Hall–Kier alpha value is -1.72. The highest BCUT2D eigenvalue weighted by molar-refractivity contribution is 5.69. The Morgan fingerprint density at radius 3 is 2.88 bits per heavy atom. The van der Waals surface area contributed by atoms with Crippen molar-refractivity contribution >= 4 is 11.8 Å². The van der Waals surface area contributed by atoms with E-state index in [1.54, 1.807) is 4.68 Å². The average molecular weight is 239 g/mol. The second-order valence-electron chi connectivity index (χ2n) is 4.49. The molecule has 0 aromatic carbocycles. The van der Waals surface area contributed by atoms with Crippen molar-refractivity contribution in [1.29, 1.82) is 0 Å². The van der Waals surface area contributed by atoms with E-state index in [4.69, 9.17) is 4.74 Å². The summed E-state index contributed by atoms with van der Waals surface area (Å²) in [6, 6.07) is 1.71. The van der Waals surface area contributed by atoms with Crippen molar-refractivity contribution in [3.05, 3.63) is 16.4 Å². The van der Waals surface area contributed by atoms with Crippen molar-refractivity contribution < 1.29 is 9.53 Å². The molecule has 1 aromatic rings. The topological polar surface area (TPSA) is 76.1 Å². The molecule has 3 unspecified atom stereocenters. The van der Waals surface area contributed by atoms with Gasteiger partial charge in [-0.05, 0) is 13.8 Å². The highest BCUT2D eigenvalue weighted by Gasteiger charge is 2.33. The summed E-state index contributed by atoms with van der Waals surface area (Å²) in [7, 11) is 1.39. The van der Waals surface area contributed by atoms with Crippen LogP contribution in [0.25, 0.3) is 0 Å². The van der Waals surface area contributed by atoms with Crippen molar-refractivity contribution in [2.75, 3.05) is 12.4 Å². The lowest BCUT2D eigenvalue weighted by molar-refractivity contribution is -0.142. The number of ether oxygens (including phenoxy) is 1. The molecule has 1 aromatic heterocycles. The van der Waals surface area contributed by atoms with Crippen LogP contribution < -0.4 is 10.9 Å². The SMILES string of the molecule is COC(=O)CC1C(C)Nc2cc(=O)[nH]n2C1C. The van der Waals surface area contributed by atoms with Crippen molar-refractivity contribution in [2.24, 2.45) is 5.92 Å². The Balaban J connectivity index is 2.26. The summed E-state index contributed by atoms with van der Waals surface area (Å²) in [4.78, 5) is 22.6. The van der Waals surface area contributed by atoms with E-state index in [1.807, 2.05) is 13.8 Å². The van der Waals surface area contributed by atoms with Crippen LogP contribution in [0.5, 0.6) is 0 Å². The van der Waals surface area contributed by atoms with Gasteiger partial charge in [0.2, 0.25) is 0 Å². The molecule has 6 nitrogen and oxygen atoms in total. The maximum absolute atomic E-state index is 11.4. The average Bonchev–Trinajstić information content (AvgIpc) is 2.64. The molecule has 0 radical (unpaired) electrons. The first-order valence-corrected chi connectivity index (χ1v) is 5.68. The molecule has 0 spiro atoms. The molecule has 0 saturated heterocycles. The number of H-pyrrole nitrogens is 1. The molecule has 0 fully saturated rings. The van der Waals surface area contributed by atoms with Crippen molar-refractivity contribution in [3.63, 3.8) is 0 Å². The number of aromatic amines is 1. The second-order valence-corrected chi connectivity index (χ2v) is 4.49. The molecule has 2 rings (SSSR count). The van der Waals surface area contributed by atoms with E-state index in [-0.39, 0.29) is 29.5 Å². The number of hydrogen-bond acceptors (Lipinski definition) is 4. The molecule has 2 N–H and O–H groups in total. The number of fused-ring (bicyclic) bond motifs is 1. The van der Waals surface area contributed by atoms with Crippen LogP contribution in [0.4, 0.5) is 5.82 Å². The van der Waals surface area contributed by atoms with E-state index in [1.165, 1.54) is 13.2 Å². The lowest BCUT2D eigenvalue weighted by Crippen LogP contribution is -2.39. The molecular formula is C11H17N3O3. The zero-order valence-electron chi connectivity index (χ0n) is 10.2.